The fourth-order valence-corrected chi connectivity index (χ4v) is 1.75. The standard InChI is InChI=1S/C14H29NO3/c1-12(2)10-18-9-8-17-7-6-14(3,11-16)15-13-4-5-13/h12-13,15-16H,4-11H2,1-3H3. The Hall–Kier alpha value is -0.160. The quantitative estimate of drug-likeness (QED) is 0.553. The number of aliphatic hydroxyl groups excluding tert-OH is 1. The molecule has 1 saturated carbocycles. The summed E-state index contributed by atoms with van der Waals surface area (Å²) in [5.74, 6) is 0.574. The van der Waals surface area contributed by atoms with Gasteiger partial charge in [-0.3, -0.25) is 0 Å². The molecule has 1 aliphatic rings. The van der Waals surface area contributed by atoms with Gasteiger partial charge in [-0.15, -0.1) is 0 Å². The van der Waals surface area contributed by atoms with Crippen LogP contribution in [-0.4, -0.2) is 49.7 Å². The van der Waals surface area contributed by atoms with Gasteiger partial charge in [0.05, 0.1) is 19.8 Å². The number of hydrogen-bond donors (Lipinski definition) is 2. The zero-order chi connectivity index (χ0) is 13.4. The molecule has 0 aromatic rings. The monoisotopic (exact) mass is 259 g/mol. The second-order valence-electron chi connectivity index (χ2n) is 5.97. The van der Waals surface area contributed by atoms with Crippen molar-refractivity contribution in [2.45, 2.75) is 51.6 Å². The van der Waals surface area contributed by atoms with E-state index in [4.69, 9.17) is 9.47 Å². The second kappa shape index (κ2) is 8.10. The van der Waals surface area contributed by atoms with Crippen LogP contribution in [0.1, 0.15) is 40.0 Å². The van der Waals surface area contributed by atoms with Crippen molar-refractivity contribution in [3.05, 3.63) is 0 Å². The van der Waals surface area contributed by atoms with E-state index in [-0.39, 0.29) is 12.1 Å². The number of hydrogen-bond acceptors (Lipinski definition) is 4. The molecule has 0 amide bonds. The first-order valence-corrected chi connectivity index (χ1v) is 7.10. The molecule has 1 aliphatic carbocycles. The van der Waals surface area contributed by atoms with Crippen LogP contribution in [0.3, 0.4) is 0 Å². The maximum absolute atomic E-state index is 9.42. The molecule has 0 aromatic heterocycles. The van der Waals surface area contributed by atoms with Crippen molar-refractivity contribution in [2.24, 2.45) is 5.92 Å². The summed E-state index contributed by atoms with van der Waals surface area (Å²) in [6.07, 6.45) is 3.31. The molecule has 0 bridgehead atoms. The smallest absolute Gasteiger partial charge is 0.0700 e. The summed E-state index contributed by atoms with van der Waals surface area (Å²) in [5.41, 5.74) is -0.194. The first-order valence-electron chi connectivity index (χ1n) is 7.10. The molecule has 1 unspecified atom stereocenters. The van der Waals surface area contributed by atoms with Crippen LogP contribution in [0.2, 0.25) is 0 Å². The second-order valence-corrected chi connectivity index (χ2v) is 5.97. The molecule has 18 heavy (non-hydrogen) atoms. The molecule has 0 spiro atoms. The van der Waals surface area contributed by atoms with E-state index < -0.39 is 0 Å². The Balaban J connectivity index is 1.97. The fraction of sp³-hybridized carbons (Fsp3) is 1.00. The lowest BCUT2D eigenvalue weighted by atomic mass is 9.99. The predicted octanol–water partition coefficient (Wildman–Crippen LogP) is 1.57. The van der Waals surface area contributed by atoms with Gasteiger partial charge < -0.3 is 19.9 Å². The lowest BCUT2D eigenvalue weighted by Crippen LogP contribution is -2.47. The van der Waals surface area contributed by atoms with Crippen molar-refractivity contribution >= 4 is 0 Å². The molecule has 1 rings (SSSR count). The molecular formula is C14H29NO3. The number of nitrogens with one attached hydrogen (secondary N) is 1. The minimum atomic E-state index is -0.194. The molecule has 4 heteroatoms. The normalized spacial score (nSPS) is 19.2. The van der Waals surface area contributed by atoms with Crippen molar-refractivity contribution in [1.82, 2.24) is 5.32 Å². The highest BCUT2D eigenvalue weighted by Gasteiger charge is 2.31. The molecule has 108 valence electrons. The van der Waals surface area contributed by atoms with Crippen LogP contribution < -0.4 is 5.32 Å². The van der Waals surface area contributed by atoms with Crippen LogP contribution in [0.5, 0.6) is 0 Å². The largest absolute Gasteiger partial charge is 0.394 e. The topological polar surface area (TPSA) is 50.7 Å². The van der Waals surface area contributed by atoms with E-state index in [9.17, 15) is 5.11 Å². The first-order chi connectivity index (χ1) is 8.56. The Morgan fingerprint density at radius 3 is 2.44 bits per heavy atom. The number of aliphatic hydroxyl groups is 1. The summed E-state index contributed by atoms with van der Waals surface area (Å²) in [6.45, 7) is 9.25. The molecule has 0 aromatic carbocycles. The van der Waals surface area contributed by atoms with E-state index in [1.165, 1.54) is 12.8 Å². The minimum absolute atomic E-state index is 0.163. The van der Waals surface area contributed by atoms with Gasteiger partial charge in [-0.25, -0.2) is 0 Å². The van der Waals surface area contributed by atoms with Crippen molar-refractivity contribution in [1.29, 1.82) is 0 Å². The molecule has 1 fully saturated rings. The Kier molecular flexibility index (Phi) is 7.15. The van der Waals surface area contributed by atoms with Crippen LogP contribution in [-0.2, 0) is 9.47 Å². The third-order valence-electron chi connectivity index (χ3n) is 3.10. The van der Waals surface area contributed by atoms with Crippen LogP contribution in [0.4, 0.5) is 0 Å². The number of rotatable bonds is 11. The van der Waals surface area contributed by atoms with Gasteiger partial charge in [-0.05, 0) is 32.1 Å². The van der Waals surface area contributed by atoms with Gasteiger partial charge >= 0.3 is 0 Å². The molecule has 0 aliphatic heterocycles. The molecule has 2 N–H and O–H groups in total. The van der Waals surface area contributed by atoms with Crippen LogP contribution in [0, 0.1) is 5.92 Å². The SMILES string of the molecule is CC(C)COCCOCCC(C)(CO)NC1CC1. The minimum Gasteiger partial charge on any atom is -0.394 e. The van der Waals surface area contributed by atoms with E-state index in [0.717, 1.165) is 13.0 Å². The van der Waals surface area contributed by atoms with Crippen molar-refractivity contribution in [2.75, 3.05) is 33.0 Å². The maximum atomic E-state index is 9.42. The first kappa shape index (κ1) is 15.9. The van der Waals surface area contributed by atoms with Gasteiger partial charge in [0.25, 0.3) is 0 Å². The number of ether oxygens (including phenoxy) is 2. The zero-order valence-corrected chi connectivity index (χ0v) is 12.1. The van der Waals surface area contributed by atoms with Crippen molar-refractivity contribution < 1.29 is 14.6 Å². The average Bonchev–Trinajstić information content (AvgIpc) is 3.11. The average molecular weight is 259 g/mol. The Morgan fingerprint density at radius 1 is 1.22 bits per heavy atom. The fourth-order valence-electron chi connectivity index (χ4n) is 1.75. The predicted molar refractivity (Wildman–Crippen MR) is 72.7 cm³/mol. The summed E-state index contributed by atoms with van der Waals surface area (Å²) in [5, 5.41) is 12.9. The highest BCUT2D eigenvalue weighted by molar-refractivity contribution is 4.92. The lowest BCUT2D eigenvalue weighted by Gasteiger charge is -2.28. The Bertz CT molecular complexity index is 219. The van der Waals surface area contributed by atoms with Crippen molar-refractivity contribution in [3.63, 3.8) is 0 Å². The van der Waals surface area contributed by atoms with E-state index in [0.29, 0.717) is 31.8 Å². The van der Waals surface area contributed by atoms with Gasteiger partial charge in [-0.1, -0.05) is 13.8 Å². The third kappa shape index (κ3) is 7.31. The maximum Gasteiger partial charge on any atom is 0.0700 e. The Labute approximate surface area is 111 Å². The van der Waals surface area contributed by atoms with E-state index in [2.05, 4.69) is 26.1 Å². The Morgan fingerprint density at radius 2 is 1.89 bits per heavy atom. The van der Waals surface area contributed by atoms with Crippen LogP contribution in [0.15, 0.2) is 0 Å². The van der Waals surface area contributed by atoms with Crippen molar-refractivity contribution in [3.8, 4) is 0 Å². The van der Waals surface area contributed by atoms with Gasteiger partial charge in [0, 0.05) is 24.8 Å². The summed E-state index contributed by atoms with van der Waals surface area (Å²) in [7, 11) is 0. The molecule has 0 saturated heterocycles. The summed E-state index contributed by atoms with van der Waals surface area (Å²) in [6, 6.07) is 0.608. The molecule has 1 atom stereocenters. The summed E-state index contributed by atoms with van der Waals surface area (Å²) in [4.78, 5) is 0. The molecule has 0 heterocycles. The summed E-state index contributed by atoms with van der Waals surface area (Å²) >= 11 is 0. The third-order valence-corrected chi connectivity index (χ3v) is 3.10. The molecule has 4 nitrogen and oxygen atoms in total. The van der Waals surface area contributed by atoms with E-state index in [1.807, 2.05) is 0 Å². The van der Waals surface area contributed by atoms with Gasteiger partial charge in [-0.2, -0.15) is 0 Å². The lowest BCUT2D eigenvalue weighted by molar-refractivity contribution is 0.0265. The van der Waals surface area contributed by atoms with Crippen LogP contribution in [0.25, 0.3) is 0 Å². The van der Waals surface area contributed by atoms with Crippen LogP contribution >= 0.6 is 0 Å². The highest BCUT2D eigenvalue weighted by Crippen LogP contribution is 2.23. The van der Waals surface area contributed by atoms with E-state index >= 15 is 0 Å². The summed E-state index contributed by atoms with van der Waals surface area (Å²) < 4.78 is 11.0. The van der Waals surface area contributed by atoms with Gasteiger partial charge in [0.1, 0.15) is 0 Å². The molecule has 0 radical (unpaired) electrons. The zero-order valence-electron chi connectivity index (χ0n) is 12.1. The van der Waals surface area contributed by atoms with Gasteiger partial charge in [0.15, 0.2) is 0 Å². The molecular weight excluding hydrogens is 230 g/mol. The van der Waals surface area contributed by atoms with E-state index in [1.54, 1.807) is 0 Å². The van der Waals surface area contributed by atoms with Gasteiger partial charge in [0.2, 0.25) is 0 Å². The highest BCUT2D eigenvalue weighted by atomic mass is 16.5.